The highest BCUT2D eigenvalue weighted by molar-refractivity contribution is 6.23. The van der Waals surface area contributed by atoms with Gasteiger partial charge in [-0.3, -0.25) is 9.59 Å². The highest BCUT2D eigenvalue weighted by Crippen LogP contribution is 2.49. The fourth-order valence-corrected chi connectivity index (χ4v) is 6.12. The molecule has 0 aliphatic carbocycles. The van der Waals surface area contributed by atoms with Crippen molar-refractivity contribution in [2.24, 2.45) is 0 Å². The second kappa shape index (κ2) is 7.67. The van der Waals surface area contributed by atoms with Crippen molar-refractivity contribution >= 4 is 49.4 Å². The third-order valence-electron chi connectivity index (χ3n) is 7.98. The maximum absolute atomic E-state index is 13.7. The second-order valence-corrected chi connectivity index (χ2v) is 10.0. The summed E-state index contributed by atoms with van der Waals surface area (Å²) in [5.74, 6) is -0.991. The molecule has 2 aliphatic heterocycles. The van der Waals surface area contributed by atoms with E-state index in [0.717, 1.165) is 0 Å². The van der Waals surface area contributed by atoms with Crippen molar-refractivity contribution < 1.29 is 38.7 Å². The first-order valence-electron chi connectivity index (χ1n) is 12.3. The lowest BCUT2D eigenvalue weighted by molar-refractivity contribution is -0.0568. The van der Waals surface area contributed by atoms with Gasteiger partial charge in [-0.05, 0) is 36.1 Å². The SMILES string of the molecule is COc1cc2oc3c(O)c4ccc5cc6c(c(O)c5c4c(O)c3c(=O)c2cc1OC)C(=O)N1CCOC1(C)C6. The molecule has 1 atom stereocenters. The number of carbonyl (C=O) groups is 1. The zero-order valence-electron chi connectivity index (χ0n) is 21.2. The Kier molecular flexibility index (Phi) is 4.61. The van der Waals surface area contributed by atoms with Crippen LogP contribution in [-0.4, -0.2) is 59.2 Å². The van der Waals surface area contributed by atoms with Gasteiger partial charge in [0.05, 0.1) is 31.8 Å². The summed E-state index contributed by atoms with van der Waals surface area (Å²) in [4.78, 5) is 28.7. The Morgan fingerprint density at radius 2 is 1.64 bits per heavy atom. The predicted molar refractivity (Wildman–Crippen MR) is 142 cm³/mol. The number of rotatable bonds is 2. The van der Waals surface area contributed by atoms with Crippen LogP contribution in [0.25, 0.3) is 43.5 Å². The maximum atomic E-state index is 13.7. The third-order valence-corrected chi connectivity index (χ3v) is 7.98. The fourth-order valence-electron chi connectivity index (χ4n) is 6.12. The van der Waals surface area contributed by atoms with E-state index in [1.54, 1.807) is 23.1 Å². The molecule has 4 aromatic carbocycles. The number of aromatic hydroxyl groups is 3. The van der Waals surface area contributed by atoms with Crippen molar-refractivity contribution in [2.75, 3.05) is 27.4 Å². The number of benzene rings is 4. The molecule has 198 valence electrons. The van der Waals surface area contributed by atoms with Crippen molar-refractivity contribution in [3.05, 3.63) is 51.7 Å². The monoisotopic (exact) mass is 529 g/mol. The van der Waals surface area contributed by atoms with Crippen molar-refractivity contribution in [2.45, 2.75) is 19.1 Å². The van der Waals surface area contributed by atoms with E-state index in [4.69, 9.17) is 18.6 Å². The molecule has 3 heterocycles. The lowest BCUT2D eigenvalue weighted by Gasteiger charge is -2.39. The van der Waals surface area contributed by atoms with Crippen LogP contribution in [0, 0.1) is 0 Å². The van der Waals surface area contributed by atoms with Gasteiger partial charge in [-0.15, -0.1) is 0 Å². The van der Waals surface area contributed by atoms with Gasteiger partial charge in [0.15, 0.2) is 22.8 Å². The van der Waals surface area contributed by atoms with E-state index in [9.17, 15) is 24.9 Å². The Hall–Kier alpha value is -4.70. The minimum atomic E-state index is -0.804. The molecule has 1 amide bonds. The van der Waals surface area contributed by atoms with Gasteiger partial charge in [0.25, 0.3) is 5.91 Å². The topological polar surface area (TPSA) is 139 Å². The van der Waals surface area contributed by atoms with Crippen LogP contribution >= 0.6 is 0 Å². The Morgan fingerprint density at radius 3 is 2.38 bits per heavy atom. The molecule has 10 heteroatoms. The second-order valence-electron chi connectivity index (χ2n) is 10.0. The van der Waals surface area contributed by atoms with Gasteiger partial charge in [-0.1, -0.05) is 6.07 Å². The summed E-state index contributed by atoms with van der Waals surface area (Å²) in [6.45, 7) is 2.62. The fraction of sp³-hybridized carbons (Fsp3) is 0.241. The molecule has 0 saturated carbocycles. The number of carbonyl (C=O) groups excluding carboxylic acids is 1. The lowest BCUT2D eigenvalue weighted by atomic mass is 9.87. The smallest absolute Gasteiger partial charge is 0.260 e. The number of methoxy groups -OCH3 is 2. The Labute approximate surface area is 220 Å². The molecule has 1 unspecified atom stereocenters. The number of ether oxygens (including phenoxy) is 3. The summed E-state index contributed by atoms with van der Waals surface area (Å²) in [6.07, 6.45) is 0.380. The highest BCUT2D eigenvalue weighted by atomic mass is 16.5. The summed E-state index contributed by atoms with van der Waals surface area (Å²) in [6, 6.07) is 7.92. The van der Waals surface area contributed by atoms with Gasteiger partial charge in [0.2, 0.25) is 5.43 Å². The van der Waals surface area contributed by atoms with E-state index in [0.29, 0.717) is 36.3 Å². The van der Waals surface area contributed by atoms with Crippen molar-refractivity contribution in [1.29, 1.82) is 0 Å². The molecule has 2 aliphatic rings. The van der Waals surface area contributed by atoms with Crippen molar-refractivity contribution in [1.82, 2.24) is 4.90 Å². The zero-order chi connectivity index (χ0) is 27.4. The third kappa shape index (κ3) is 2.89. The molecular formula is C29H23NO9. The van der Waals surface area contributed by atoms with E-state index in [1.165, 1.54) is 26.4 Å². The van der Waals surface area contributed by atoms with Crippen LogP contribution in [0.1, 0.15) is 22.8 Å². The van der Waals surface area contributed by atoms with E-state index < -0.39 is 22.7 Å². The number of fused-ring (bicyclic) bond motifs is 7. The van der Waals surface area contributed by atoms with Gasteiger partial charge in [0.1, 0.15) is 28.2 Å². The standard InChI is InChI=1S/C29H23NO9/c1-29-11-13-8-12-4-5-14-21(19(12)25(33)20(13)28(35)30(29)6-7-38-29)26(34)22-23(31)15-9-17(36-2)18(37-3)10-16(15)39-27(22)24(14)32/h4-5,8-10,32-34H,6-7,11H2,1-3H3. The quantitative estimate of drug-likeness (QED) is 0.175. The number of phenolic OH excluding ortho intramolecular Hbond substituents is 3. The number of hydrogen-bond donors (Lipinski definition) is 3. The molecule has 0 radical (unpaired) electrons. The van der Waals surface area contributed by atoms with Gasteiger partial charge in [-0.2, -0.15) is 0 Å². The van der Waals surface area contributed by atoms with Gasteiger partial charge in [-0.25, -0.2) is 0 Å². The Morgan fingerprint density at radius 1 is 0.897 bits per heavy atom. The molecule has 1 fully saturated rings. The summed E-state index contributed by atoms with van der Waals surface area (Å²) in [5.41, 5.74) is -0.791. The number of amides is 1. The average Bonchev–Trinajstić information content (AvgIpc) is 3.31. The van der Waals surface area contributed by atoms with Crippen LogP contribution < -0.4 is 14.9 Å². The van der Waals surface area contributed by atoms with Crippen LogP contribution in [-0.2, 0) is 11.2 Å². The zero-order valence-corrected chi connectivity index (χ0v) is 21.2. The van der Waals surface area contributed by atoms with Crippen LogP contribution in [0.15, 0.2) is 39.5 Å². The average molecular weight is 530 g/mol. The van der Waals surface area contributed by atoms with E-state index >= 15 is 0 Å². The first-order valence-corrected chi connectivity index (χ1v) is 12.3. The van der Waals surface area contributed by atoms with Crippen molar-refractivity contribution in [3.8, 4) is 28.7 Å². The van der Waals surface area contributed by atoms with Crippen LogP contribution in [0.4, 0.5) is 0 Å². The molecule has 0 bridgehead atoms. The first kappa shape index (κ1) is 23.4. The number of hydrogen-bond acceptors (Lipinski definition) is 9. The minimum Gasteiger partial charge on any atom is -0.506 e. The summed E-state index contributed by atoms with van der Waals surface area (Å²) >= 11 is 0. The summed E-state index contributed by atoms with van der Waals surface area (Å²) < 4.78 is 22.4. The van der Waals surface area contributed by atoms with E-state index in [2.05, 4.69) is 0 Å². The molecular weight excluding hydrogens is 506 g/mol. The van der Waals surface area contributed by atoms with Crippen LogP contribution in [0.2, 0.25) is 0 Å². The van der Waals surface area contributed by atoms with Crippen LogP contribution in [0.5, 0.6) is 28.7 Å². The molecule has 1 saturated heterocycles. The summed E-state index contributed by atoms with van der Waals surface area (Å²) in [7, 11) is 2.87. The largest absolute Gasteiger partial charge is 0.506 e. The van der Waals surface area contributed by atoms with Crippen LogP contribution in [0.3, 0.4) is 0 Å². The minimum absolute atomic E-state index is 0.0312. The maximum Gasteiger partial charge on any atom is 0.260 e. The van der Waals surface area contributed by atoms with Crippen molar-refractivity contribution in [3.63, 3.8) is 0 Å². The normalized spacial score (nSPS) is 18.7. The molecule has 39 heavy (non-hydrogen) atoms. The molecule has 7 rings (SSSR count). The van der Waals surface area contributed by atoms with Gasteiger partial charge >= 0.3 is 0 Å². The molecule has 0 spiro atoms. The number of phenols is 3. The Bertz CT molecular complexity index is 1990. The lowest BCUT2D eigenvalue weighted by Crippen LogP contribution is -2.51. The first-order chi connectivity index (χ1) is 18.7. The van der Waals surface area contributed by atoms with Gasteiger partial charge < -0.3 is 38.8 Å². The molecule has 10 nitrogen and oxygen atoms in total. The predicted octanol–water partition coefficient (Wildman–Crippen LogP) is 4.13. The van der Waals surface area contributed by atoms with E-state index in [1.807, 2.05) is 6.92 Å². The molecule has 1 aromatic heterocycles. The summed E-state index contributed by atoms with van der Waals surface area (Å²) in [5, 5.41) is 35.0. The van der Waals surface area contributed by atoms with E-state index in [-0.39, 0.29) is 61.1 Å². The number of nitrogens with zero attached hydrogens (tertiary/aromatic N) is 1. The Balaban J connectivity index is 1.61. The molecule has 3 N–H and O–H groups in total. The van der Waals surface area contributed by atoms with Gasteiger partial charge in [0, 0.05) is 35.2 Å². The highest BCUT2D eigenvalue weighted by Gasteiger charge is 2.47. The molecule has 5 aromatic rings.